The summed E-state index contributed by atoms with van der Waals surface area (Å²) < 4.78 is 17.8. The smallest absolute Gasteiger partial charge is 0.338 e. The number of benzene rings is 2. The van der Waals surface area contributed by atoms with Gasteiger partial charge in [0.15, 0.2) is 0 Å². The molecule has 0 unspecified atom stereocenters. The number of rotatable bonds is 10. The van der Waals surface area contributed by atoms with Crippen LogP contribution < -0.4 is 10.6 Å². The number of nitrogens with one attached hydrogen (secondary N) is 2. The summed E-state index contributed by atoms with van der Waals surface area (Å²) in [5, 5.41) is 14.2. The highest BCUT2D eigenvalue weighted by molar-refractivity contribution is 7.99. The number of carbonyl (C=O) groups excluding carboxylic acids is 3. The minimum atomic E-state index is -0.425. The Bertz CT molecular complexity index is 1100. The van der Waals surface area contributed by atoms with Gasteiger partial charge in [-0.25, -0.2) is 9.18 Å². The van der Waals surface area contributed by atoms with E-state index in [0.717, 1.165) is 16.9 Å². The van der Waals surface area contributed by atoms with Crippen molar-refractivity contribution in [3.63, 3.8) is 0 Å². The van der Waals surface area contributed by atoms with E-state index in [4.69, 9.17) is 4.74 Å². The van der Waals surface area contributed by atoms with Crippen LogP contribution in [0.1, 0.15) is 37.7 Å². The zero-order chi connectivity index (χ0) is 23.6. The Balaban J connectivity index is 1.41. The lowest BCUT2D eigenvalue weighted by molar-refractivity contribution is -0.118. The molecule has 2 N–H and O–H groups in total. The topological polar surface area (TPSA) is 110 Å². The van der Waals surface area contributed by atoms with Crippen LogP contribution in [0.15, 0.2) is 48.5 Å². The van der Waals surface area contributed by atoms with E-state index in [1.54, 1.807) is 43.3 Å². The standard InChI is InChI=1S/C22H21FN4O4S2/c1-2-31-22(30)15-5-9-17(10-6-15)25-20(29)21-27-26-19(33-21)13-32-12-18(28)24-11-14-3-7-16(23)8-4-14/h3-10H,2,11-13H2,1H3,(H,24,28)(H,25,29). The van der Waals surface area contributed by atoms with Gasteiger partial charge >= 0.3 is 5.97 Å². The number of aromatic nitrogens is 2. The Labute approximate surface area is 197 Å². The van der Waals surface area contributed by atoms with Crippen molar-refractivity contribution in [1.29, 1.82) is 0 Å². The van der Waals surface area contributed by atoms with Crippen molar-refractivity contribution in [2.75, 3.05) is 17.7 Å². The summed E-state index contributed by atoms with van der Waals surface area (Å²) in [6, 6.07) is 12.3. The van der Waals surface area contributed by atoms with Crippen LogP contribution in [-0.2, 0) is 21.8 Å². The minimum Gasteiger partial charge on any atom is -0.462 e. The van der Waals surface area contributed by atoms with Gasteiger partial charge in [-0.3, -0.25) is 9.59 Å². The second-order valence-electron chi connectivity index (χ2n) is 6.65. The van der Waals surface area contributed by atoms with Gasteiger partial charge in [-0.1, -0.05) is 23.5 Å². The Hall–Kier alpha value is -3.31. The lowest BCUT2D eigenvalue weighted by Gasteiger charge is -2.05. The molecule has 3 rings (SSSR count). The van der Waals surface area contributed by atoms with Crippen LogP contribution in [0.2, 0.25) is 0 Å². The maximum atomic E-state index is 12.9. The van der Waals surface area contributed by atoms with E-state index in [-0.39, 0.29) is 29.1 Å². The lowest BCUT2D eigenvalue weighted by atomic mass is 10.2. The molecule has 0 radical (unpaired) electrons. The van der Waals surface area contributed by atoms with Crippen molar-refractivity contribution in [1.82, 2.24) is 15.5 Å². The van der Waals surface area contributed by atoms with Crippen LogP contribution >= 0.6 is 23.1 Å². The number of thioether (sulfide) groups is 1. The molecule has 0 fully saturated rings. The molecule has 1 aromatic heterocycles. The van der Waals surface area contributed by atoms with Crippen molar-refractivity contribution in [2.45, 2.75) is 19.2 Å². The highest BCUT2D eigenvalue weighted by atomic mass is 32.2. The van der Waals surface area contributed by atoms with Crippen LogP contribution in [0.4, 0.5) is 10.1 Å². The highest BCUT2D eigenvalue weighted by Gasteiger charge is 2.14. The summed E-state index contributed by atoms with van der Waals surface area (Å²) >= 11 is 2.49. The Morgan fingerprint density at radius 2 is 1.79 bits per heavy atom. The molecule has 0 spiro atoms. The number of amides is 2. The van der Waals surface area contributed by atoms with Gasteiger partial charge in [0.25, 0.3) is 5.91 Å². The van der Waals surface area contributed by atoms with Crippen molar-refractivity contribution in [2.24, 2.45) is 0 Å². The quantitative estimate of drug-likeness (QED) is 0.419. The van der Waals surface area contributed by atoms with Crippen molar-refractivity contribution >= 4 is 46.6 Å². The molecule has 3 aromatic rings. The molecule has 0 saturated carbocycles. The monoisotopic (exact) mass is 488 g/mol. The fourth-order valence-corrected chi connectivity index (χ4v) is 4.22. The van der Waals surface area contributed by atoms with E-state index >= 15 is 0 Å². The molecule has 1 heterocycles. The molecule has 33 heavy (non-hydrogen) atoms. The molecule has 2 amide bonds. The normalized spacial score (nSPS) is 10.5. The lowest BCUT2D eigenvalue weighted by Crippen LogP contribution is -2.24. The summed E-state index contributed by atoms with van der Waals surface area (Å²) in [5.41, 5.74) is 1.72. The van der Waals surface area contributed by atoms with E-state index in [2.05, 4.69) is 20.8 Å². The zero-order valence-electron chi connectivity index (χ0n) is 17.7. The maximum absolute atomic E-state index is 12.9. The largest absolute Gasteiger partial charge is 0.462 e. The SMILES string of the molecule is CCOC(=O)c1ccc(NC(=O)c2nnc(CSCC(=O)NCc3ccc(F)cc3)s2)cc1. The molecule has 0 aliphatic rings. The average Bonchev–Trinajstić information content (AvgIpc) is 3.28. The highest BCUT2D eigenvalue weighted by Crippen LogP contribution is 2.18. The predicted molar refractivity (Wildman–Crippen MR) is 125 cm³/mol. The minimum absolute atomic E-state index is 0.155. The average molecular weight is 489 g/mol. The number of anilines is 1. The maximum Gasteiger partial charge on any atom is 0.338 e. The molecule has 0 bridgehead atoms. The van der Waals surface area contributed by atoms with Gasteiger partial charge < -0.3 is 15.4 Å². The first-order valence-electron chi connectivity index (χ1n) is 9.94. The fourth-order valence-electron chi connectivity index (χ4n) is 2.58. The van der Waals surface area contributed by atoms with E-state index < -0.39 is 11.9 Å². The van der Waals surface area contributed by atoms with Gasteiger partial charge in [-0.2, -0.15) is 0 Å². The first kappa shape index (κ1) is 24.3. The van der Waals surface area contributed by atoms with Crippen LogP contribution in [0.3, 0.4) is 0 Å². The van der Waals surface area contributed by atoms with Crippen molar-refractivity contribution in [3.8, 4) is 0 Å². The molecule has 0 aliphatic carbocycles. The summed E-state index contributed by atoms with van der Waals surface area (Å²) in [4.78, 5) is 36.0. The van der Waals surface area contributed by atoms with Gasteiger partial charge in [0, 0.05) is 18.0 Å². The third-order valence-corrected chi connectivity index (χ3v) is 6.23. The Morgan fingerprint density at radius 1 is 1.06 bits per heavy atom. The number of halogens is 1. The number of esters is 1. The second-order valence-corrected chi connectivity index (χ2v) is 8.70. The molecule has 11 heteroatoms. The zero-order valence-corrected chi connectivity index (χ0v) is 19.3. The van der Waals surface area contributed by atoms with Crippen molar-refractivity contribution in [3.05, 3.63) is 75.5 Å². The summed E-state index contributed by atoms with van der Waals surface area (Å²) in [5.74, 6) is -0.663. The molecule has 2 aromatic carbocycles. The third-order valence-electron chi connectivity index (χ3n) is 4.18. The summed E-state index contributed by atoms with van der Waals surface area (Å²) in [7, 11) is 0. The number of hydrogen-bond donors (Lipinski definition) is 2. The van der Waals surface area contributed by atoms with Gasteiger partial charge in [-0.05, 0) is 48.9 Å². The van der Waals surface area contributed by atoms with Crippen LogP contribution in [0, 0.1) is 5.82 Å². The summed E-state index contributed by atoms with van der Waals surface area (Å²) in [6.07, 6.45) is 0. The Morgan fingerprint density at radius 3 is 2.48 bits per heavy atom. The van der Waals surface area contributed by atoms with E-state index in [1.165, 1.54) is 23.9 Å². The van der Waals surface area contributed by atoms with Gasteiger partial charge in [0.05, 0.1) is 17.9 Å². The number of carbonyl (C=O) groups is 3. The molecular formula is C22H21FN4O4S2. The fraction of sp³-hybridized carbons (Fsp3) is 0.227. The van der Waals surface area contributed by atoms with Gasteiger partial charge in [0.1, 0.15) is 10.8 Å². The molecule has 0 atom stereocenters. The Kier molecular flexibility index (Phi) is 8.90. The molecule has 8 nitrogen and oxygen atoms in total. The number of hydrogen-bond acceptors (Lipinski definition) is 8. The molecule has 0 aliphatic heterocycles. The number of nitrogens with zero attached hydrogens (tertiary/aromatic N) is 2. The van der Waals surface area contributed by atoms with Gasteiger partial charge in [0.2, 0.25) is 10.9 Å². The van der Waals surface area contributed by atoms with Crippen LogP contribution in [0.25, 0.3) is 0 Å². The second kappa shape index (κ2) is 12.1. The third kappa shape index (κ3) is 7.65. The van der Waals surface area contributed by atoms with E-state index in [9.17, 15) is 18.8 Å². The molecule has 172 valence electrons. The van der Waals surface area contributed by atoms with E-state index in [1.807, 2.05) is 0 Å². The first-order valence-corrected chi connectivity index (χ1v) is 11.9. The van der Waals surface area contributed by atoms with Crippen molar-refractivity contribution < 1.29 is 23.5 Å². The number of ether oxygens (including phenoxy) is 1. The molecular weight excluding hydrogens is 467 g/mol. The van der Waals surface area contributed by atoms with E-state index in [0.29, 0.717) is 28.6 Å². The first-order chi connectivity index (χ1) is 15.9. The van der Waals surface area contributed by atoms with Crippen LogP contribution in [-0.4, -0.2) is 40.3 Å². The van der Waals surface area contributed by atoms with Crippen LogP contribution in [0.5, 0.6) is 0 Å². The van der Waals surface area contributed by atoms with Gasteiger partial charge in [-0.15, -0.1) is 22.0 Å². The predicted octanol–water partition coefficient (Wildman–Crippen LogP) is 3.66. The summed E-state index contributed by atoms with van der Waals surface area (Å²) in [6.45, 7) is 2.34. The molecule has 0 saturated heterocycles.